The molecule has 1 aromatic rings. The second-order valence-corrected chi connectivity index (χ2v) is 4.82. The van der Waals surface area contributed by atoms with Crippen molar-refractivity contribution in [3.05, 3.63) is 35.9 Å². The van der Waals surface area contributed by atoms with Crippen LogP contribution in [-0.4, -0.2) is 16.1 Å². The monoisotopic (exact) mass is 253 g/mol. The lowest BCUT2D eigenvalue weighted by molar-refractivity contribution is 0.0164. The molecule has 0 aliphatic carbocycles. The van der Waals surface area contributed by atoms with Gasteiger partial charge in [-0.1, -0.05) is 51.4 Å². The van der Waals surface area contributed by atoms with Crippen LogP contribution in [0.3, 0.4) is 0 Å². The van der Waals surface area contributed by atoms with Gasteiger partial charge in [0.2, 0.25) is 0 Å². The first kappa shape index (κ1) is 9.71. The van der Waals surface area contributed by atoms with Gasteiger partial charge in [-0.05, 0) is 13.8 Å². The van der Waals surface area contributed by atoms with E-state index in [4.69, 9.17) is 4.84 Å². The first-order chi connectivity index (χ1) is 6.61. The van der Waals surface area contributed by atoms with E-state index in [0.29, 0.717) is 0 Å². The number of oxime groups is 1. The van der Waals surface area contributed by atoms with Crippen molar-refractivity contribution in [3.8, 4) is 0 Å². The molecule has 1 atom stereocenters. The lowest BCUT2D eigenvalue weighted by atomic mass is 9.98. The average Bonchev–Trinajstić information content (AvgIpc) is 2.44. The van der Waals surface area contributed by atoms with Crippen molar-refractivity contribution >= 4 is 21.6 Å². The van der Waals surface area contributed by atoms with Gasteiger partial charge in [0.15, 0.2) is 0 Å². The quantitative estimate of drug-likeness (QED) is 0.706. The summed E-state index contributed by atoms with van der Waals surface area (Å²) in [6.45, 7) is 4.04. The van der Waals surface area contributed by atoms with Gasteiger partial charge in [-0.3, -0.25) is 0 Å². The summed E-state index contributed by atoms with van der Waals surface area (Å²) in [5, 5.41) is 4.11. The Balaban J connectivity index is 2.31. The molecule has 14 heavy (non-hydrogen) atoms. The van der Waals surface area contributed by atoms with Crippen molar-refractivity contribution in [1.82, 2.24) is 0 Å². The van der Waals surface area contributed by atoms with E-state index in [9.17, 15) is 0 Å². The van der Waals surface area contributed by atoms with E-state index >= 15 is 0 Å². The fourth-order valence-electron chi connectivity index (χ4n) is 1.40. The van der Waals surface area contributed by atoms with Crippen molar-refractivity contribution < 1.29 is 4.84 Å². The molecule has 1 aliphatic rings. The van der Waals surface area contributed by atoms with Gasteiger partial charge in [0.05, 0.1) is 0 Å². The Morgan fingerprint density at radius 2 is 1.93 bits per heavy atom. The molecule has 0 saturated carbocycles. The molecule has 1 heterocycles. The smallest absolute Gasteiger partial charge is 0.150 e. The molecule has 1 aliphatic heterocycles. The van der Waals surface area contributed by atoms with Gasteiger partial charge >= 0.3 is 0 Å². The molecule has 0 amide bonds. The van der Waals surface area contributed by atoms with Crippen LogP contribution in [0, 0.1) is 0 Å². The predicted octanol–water partition coefficient (Wildman–Crippen LogP) is 2.96. The third-order valence-electron chi connectivity index (χ3n) is 2.30. The Hall–Kier alpha value is -0.830. The maximum atomic E-state index is 5.36. The maximum absolute atomic E-state index is 5.36. The van der Waals surface area contributed by atoms with E-state index in [-0.39, 0.29) is 10.4 Å². The molecule has 0 bridgehead atoms. The summed E-state index contributed by atoms with van der Waals surface area (Å²) in [6.07, 6.45) is 0. The van der Waals surface area contributed by atoms with E-state index in [0.717, 1.165) is 11.3 Å². The van der Waals surface area contributed by atoms with Gasteiger partial charge in [-0.25, -0.2) is 0 Å². The number of hydrogen-bond donors (Lipinski definition) is 0. The zero-order valence-electron chi connectivity index (χ0n) is 8.20. The summed E-state index contributed by atoms with van der Waals surface area (Å²) in [5.41, 5.74) is 1.82. The van der Waals surface area contributed by atoms with Gasteiger partial charge in [0, 0.05) is 5.56 Å². The van der Waals surface area contributed by atoms with E-state index in [1.165, 1.54) is 0 Å². The predicted molar refractivity (Wildman–Crippen MR) is 60.9 cm³/mol. The van der Waals surface area contributed by atoms with Crippen LogP contribution in [0.4, 0.5) is 0 Å². The highest BCUT2D eigenvalue weighted by Crippen LogP contribution is 2.31. The third-order valence-corrected chi connectivity index (χ3v) is 3.84. The Morgan fingerprint density at radius 1 is 1.29 bits per heavy atom. The van der Waals surface area contributed by atoms with Gasteiger partial charge in [-0.2, -0.15) is 0 Å². The standard InChI is InChI=1S/C11H12BrNO/c1-11(2)10(12)9(13-14-11)8-6-4-3-5-7-8/h3-7,10H,1-2H3. The number of nitrogens with zero attached hydrogens (tertiary/aromatic N) is 1. The molecule has 0 radical (unpaired) electrons. The highest BCUT2D eigenvalue weighted by molar-refractivity contribution is 9.10. The van der Waals surface area contributed by atoms with Crippen LogP contribution in [0.25, 0.3) is 0 Å². The van der Waals surface area contributed by atoms with Crippen LogP contribution in [0.2, 0.25) is 0 Å². The fraction of sp³-hybridized carbons (Fsp3) is 0.364. The van der Waals surface area contributed by atoms with Crippen molar-refractivity contribution in [2.24, 2.45) is 5.16 Å². The summed E-state index contributed by atoms with van der Waals surface area (Å²) < 4.78 is 0. The van der Waals surface area contributed by atoms with Crippen LogP contribution in [-0.2, 0) is 4.84 Å². The first-order valence-electron chi connectivity index (χ1n) is 4.57. The molecule has 1 aromatic carbocycles. The minimum absolute atomic E-state index is 0.150. The topological polar surface area (TPSA) is 21.6 Å². The third kappa shape index (κ3) is 1.57. The summed E-state index contributed by atoms with van der Waals surface area (Å²) >= 11 is 3.61. The minimum Gasteiger partial charge on any atom is -0.388 e. The number of rotatable bonds is 1. The highest BCUT2D eigenvalue weighted by atomic mass is 79.9. The molecular formula is C11H12BrNO. The summed E-state index contributed by atoms with van der Waals surface area (Å²) in [4.78, 5) is 5.51. The molecule has 0 aromatic heterocycles. The maximum Gasteiger partial charge on any atom is 0.150 e. The van der Waals surface area contributed by atoms with Gasteiger partial charge in [-0.15, -0.1) is 0 Å². The number of halogens is 1. The molecule has 0 saturated heterocycles. The minimum atomic E-state index is -0.259. The molecule has 2 rings (SSSR count). The van der Waals surface area contributed by atoms with Crippen molar-refractivity contribution in [3.63, 3.8) is 0 Å². The zero-order valence-corrected chi connectivity index (χ0v) is 9.78. The van der Waals surface area contributed by atoms with E-state index in [2.05, 4.69) is 21.1 Å². The van der Waals surface area contributed by atoms with Gasteiger partial charge in [0.1, 0.15) is 16.1 Å². The van der Waals surface area contributed by atoms with Crippen molar-refractivity contribution in [2.75, 3.05) is 0 Å². The van der Waals surface area contributed by atoms with Crippen LogP contribution >= 0.6 is 15.9 Å². The van der Waals surface area contributed by atoms with E-state index in [1.54, 1.807) is 0 Å². The average molecular weight is 254 g/mol. The molecule has 3 heteroatoms. The summed E-state index contributed by atoms with van der Waals surface area (Å²) in [7, 11) is 0. The van der Waals surface area contributed by atoms with E-state index < -0.39 is 0 Å². The first-order valence-corrected chi connectivity index (χ1v) is 5.48. The lowest BCUT2D eigenvalue weighted by Crippen LogP contribution is -2.33. The second kappa shape index (κ2) is 3.39. The molecule has 0 spiro atoms. The lowest BCUT2D eigenvalue weighted by Gasteiger charge is -2.19. The van der Waals surface area contributed by atoms with Gasteiger partial charge < -0.3 is 4.84 Å². The van der Waals surface area contributed by atoms with Crippen LogP contribution in [0.15, 0.2) is 35.5 Å². The van der Waals surface area contributed by atoms with Crippen LogP contribution < -0.4 is 0 Å². The largest absolute Gasteiger partial charge is 0.388 e. The van der Waals surface area contributed by atoms with Crippen LogP contribution in [0.5, 0.6) is 0 Å². The Morgan fingerprint density at radius 3 is 2.43 bits per heavy atom. The normalized spacial score (nSPS) is 24.2. The Labute approximate surface area is 92.1 Å². The number of benzene rings is 1. The van der Waals surface area contributed by atoms with Crippen molar-refractivity contribution in [1.29, 1.82) is 0 Å². The molecule has 74 valence electrons. The van der Waals surface area contributed by atoms with E-state index in [1.807, 2.05) is 44.2 Å². The zero-order chi connectivity index (χ0) is 10.2. The molecule has 2 nitrogen and oxygen atoms in total. The number of alkyl halides is 1. The fourth-order valence-corrected chi connectivity index (χ4v) is 1.83. The molecule has 0 N–H and O–H groups in total. The van der Waals surface area contributed by atoms with Gasteiger partial charge in [0.25, 0.3) is 0 Å². The second-order valence-electron chi connectivity index (χ2n) is 3.90. The Bertz CT molecular complexity index is 359. The SMILES string of the molecule is CC1(C)ON=C(c2ccccc2)C1Br. The highest BCUT2D eigenvalue weighted by Gasteiger charge is 2.39. The molecular weight excluding hydrogens is 242 g/mol. The summed E-state index contributed by atoms with van der Waals surface area (Å²) in [5.74, 6) is 0. The summed E-state index contributed by atoms with van der Waals surface area (Å²) in [6, 6.07) is 10.1. The van der Waals surface area contributed by atoms with Crippen LogP contribution in [0.1, 0.15) is 19.4 Å². The number of hydrogen-bond acceptors (Lipinski definition) is 2. The van der Waals surface area contributed by atoms with Crippen molar-refractivity contribution in [2.45, 2.75) is 24.3 Å². The Kier molecular flexibility index (Phi) is 2.35. The molecule has 0 fully saturated rings. The molecule has 1 unspecified atom stereocenters.